The molecule has 2 N–H and O–H groups in total. The molecule has 1 aliphatic rings. The number of amides is 2. The van der Waals surface area contributed by atoms with Gasteiger partial charge in [0.05, 0.1) is 6.10 Å². The zero-order chi connectivity index (χ0) is 15.4. The van der Waals surface area contributed by atoms with Gasteiger partial charge in [0, 0.05) is 23.7 Å². The molecular weight excluding hydrogens is 292 g/mol. The largest absolute Gasteiger partial charge is 0.391 e. The van der Waals surface area contributed by atoms with Crippen molar-refractivity contribution < 1.29 is 14.7 Å². The number of carbonyl (C=O) groups is 2. The number of hydrogen-bond donors (Lipinski definition) is 2. The van der Waals surface area contributed by atoms with Crippen LogP contribution in [0.5, 0.6) is 0 Å². The highest BCUT2D eigenvalue weighted by Gasteiger charge is 2.26. The van der Waals surface area contributed by atoms with Gasteiger partial charge < -0.3 is 15.3 Å². The van der Waals surface area contributed by atoms with Gasteiger partial charge in [-0.3, -0.25) is 9.59 Å². The van der Waals surface area contributed by atoms with Crippen molar-refractivity contribution >= 4 is 23.4 Å². The molecule has 1 aromatic rings. The number of aliphatic hydroxyl groups is 1. The van der Waals surface area contributed by atoms with Crippen molar-refractivity contribution in [2.75, 3.05) is 13.1 Å². The quantitative estimate of drug-likeness (QED) is 0.887. The average molecular weight is 311 g/mol. The van der Waals surface area contributed by atoms with Crippen molar-refractivity contribution in [3.8, 4) is 0 Å². The molecule has 0 aliphatic carbocycles. The normalized spacial score (nSPS) is 20.0. The first kappa shape index (κ1) is 15.8. The number of piperidine rings is 1. The summed E-state index contributed by atoms with van der Waals surface area (Å²) in [6.07, 6.45) is 1.03. The van der Waals surface area contributed by atoms with Crippen LogP contribution in [0.15, 0.2) is 24.3 Å². The van der Waals surface area contributed by atoms with Gasteiger partial charge >= 0.3 is 0 Å². The molecule has 0 bridgehead atoms. The summed E-state index contributed by atoms with van der Waals surface area (Å²) < 4.78 is 0. The molecule has 21 heavy (non-hydrogen) atoms. The van der Waals surface area contributed by atoms with Crippen molar-refractivity contribution in [2.45, 2.75) is 31.9 Å². The summed E-state index contributed by atoms with van der Waals surface area (Å²) in [5.74, 6) is -0.485. The van der Waals surface area contributed by atoms with Gasteiger partial charge in [0.2, 0.25) is 5.91 Å². The van der Waals surface area contributed by atoms with Crippen molar-refractivity contribution in [1.29, 1.82) is 0 Å². The van der Waals surface area contributed by atoms with E-state index in [9.17, 15) is 14.7 Å². The number of nitrogens with one attached hydrogen (secondary N) is 1. The standard InChI is InChI=1S/C15H19ClN2O3/c1-10(15(21)18-8-2-3-13(19)9-18)17-14(20)11-4-6-12(16)7-5-11/h4-7,10,13,19H,2-3,8-9H2,1H3,(H,17,20). The lowest BCUT2D eigenvalue weighted by Gasteiger charge is -2.32. The molecule has 1 saturated heterocycles. The Bertz CT molecular complexity index is 518. The van der Waals surface area contributed by atoms with Crippen molar-refractivity contribution in [3.05, 3.63) is 34.9 Å². The van der Waals surface area contributed by atoms with Crippen LogP contribution in [0, 0.1) is 0 Å². The molecule has 1 heterocycles. The monoisotopic (exact) mass is 310 g/mol. The molecule has 5 nitrogen and oxygen atoms in total. The number of carbonyl (C=O) groups excluding carboxylic acids is 2. The number of β-amino-alcohol motifs (C(OH)–C–C–N with tert-alkyl or cyclic N) is 1. The van der Waals surface area contributed by atoms with Gasteiger partial charge in [0.15, 0.2) is 0 Å². The number of nitrogens with zero attached hydrogens (tertiary/aromatic N) is 1. The molecule has 2 atom stereocenters. The topological polar surface area (TPSA) is 69.6 Å². The van der Waals surface area contributed by atoms with E-state index in [4.69, 9.17) is 11.6 Å². The lowest BCUT2D eigenvalue weighted by molar-refractivity contribution is -0.135. The van der Waals surface area contributed by atoms with Gasteiger partial charge in [-0.25, -0.2) is 0 Å². The van der Waals surface area contributed by atoms with E-state index in [0.29, 0.717) is 23.7 Å². The number of likely N-dealkylation sites (tertiary alicyclic amines) is 1. The number of halogens is 1. The SMILES string of the molecule is CC(NC(=O)c1ccc(Cl)cc1)C(=O)N1CCCC(O)C1. The zero-order valence-electron chi connectivity index (χ0n) is 11.9. The van der Waals surface area contributed by atoms with E-state index in [2.05, 4.69) is 5.32 Å². The predicted octanol–water partition coefficient (Wildman–Crippen LogP) is 1.44. The van der Waals surface area contributed by atoms with Gasteiger partial charge in [-0.05, 0) is 44.0 Å². The number of aliphatic hydroxyl groups excluding tert-OH is 1. The van der Waals surface area contributed by atoms with Gasteiger partial charge in [-0.2, -0.15) is 0 Å². The van der Waals surface area contributed by atoms with Gasteiger partial charge in [-0.1, -0.05) is 11.6 Å². The predicted molar refractivity (Wildman–Crippen MR) is 80.2 cm³/mol. The van der Waals surface area contributed by atoms with Gasteiger partial charge in [-0.15, -0.1) is 0 Å². The molecular formula is C15H19ClN2O3. The van der Waals surface area contributed by atoms with E-state index in [-0.39, 0.29) is 11.8 Å². The summed E-state index contributed by atoms with van der Waals surface area (Å²) >= 11 is 5.77. The molecule has 0 spiro atoms. The third-order valence-electron chi connectivity index (χ3n) is 3.53. The molecule has 1 aliphatic heterocycles. The zero-order valence-corrected chi connectivity index (χ0v) is 12.6. The van der Waals surface area contributed by atoms with Crippen LogP contribution >= 0.6 is 11.6 Å². The molecule has 0 radical (unpaired) electrons. The molecule has 2 unspecified atom stereocenters. The Balaban J connectivity index is 1.93. The van der Waals surface area contributed by atoms with E-state index >= 15 is 0 Å². The Morgan fingerprint density at radius 3 is 2.67 bits per heavy atom. The van der Waals surface area contributed by atoms with E-state index in [0.717, 1.165) is 12.8 Å². The van der Waals surface area contributed by atoms with Crippen LogP contribution in [0.2, 0.25) is 5.02 Å². The maximum atomic E-state index is 12.2. The van der Waals surface area contributed by atoms with E-state index in [1.165, 1.54) is 0 Å². The second kappa shape index (κ2) is 6.91. The molecule has 1 fully saturated rings. The summed E-state index contributed by atoms with van der Waals surface area (Å²) in [4.78, 5) is 25.9. The maximum Gasteiger partial charge on any atom is 0.251 e. The molecule has 6 heteroatoms. The first-order valence-corrected chi connectivity index (χ1v) is 7.38. The fraction of sp³-hybridized carbons (Fsp3) is 0.467. The first-order chi connectivity index (χ1) is 9.97. The van der Waals surface area contributed by atoms with Gasteiger partial charge in [0.1, 0.15) is 6.04 Å². The highest BCUT2D eigenvalue weighted by atomic mass is 35.5. The molecule has 0 aromatic heterocycles. The number of rotatable bonds is 3. The number of benzene rings is 1. The van der Waals surface area contributed by atoms with Crippen LogP contribution in [-0.2, 0) is 4.79 Å². The van der Waals surface area contributed by atoms with Crippen LogP contribution in [0.1, 0.15) is 30.1 Å². The van der Waals surface area contributed by atoms with Crippen molar-refractivity contribution in [3.63, 3.8) is 0 Å². The minimum Gasteiger partial charge on any atom is -0.391 e. The Kier molecular flexibility index (Phi) is 5.20. The summed E-state index contributed by atoms with van der Waals surface area (Å²) in [7, 11) is 0. The second-order valence-corrected chi connectivity index (χ2v) is 5.72. The smallest absolute Gasteiger partial charge is 0.251 e. The molecule has 2 rings (SSSR count). The fourth-order valence-electron chi connectivity index (χ4n) is 2.37. The lowest BCUT2D eigenvalue weighted by atomic mass is 10.1. The highest BCUT2D eigenvalue weighted by Crippen LogP contribution is 2.12. The first-order valence-electron chi connectivity index (χ1n) is 7.00. The average Bonchev–Trinajstić information content (AvgIpc) is 2.47. The van der Waals surface area contributed by atoms with Crippen molar-refractivity contribution in [1.82, 2.24) is 10.2 Å². The molecule has 2 amide bonds. The Labute approximate surface area is 128 Å². The Morgan fingerprint density at radius 1 is 1.38 bits per heavy atom. The minimum atomic E-state index is -0.626. The van der Waals surface area contributed by atoms with E-state index in [1.807, 2.05) is 0 Å². The van der Waals surface area contributed by atoms with Crippen LogP contribution in [0.4, 0.5) is 0 Å². The Hall–Kier alpha value is -1.59. The summed E-state index contributed by atoms with van der Waals surface area (Å²) in [6, 6.07) is 5.85. The molecule has 0 saturated carbocycles. The molecule has 114 valence electrons. The van der Waals surface area contributed by atoms with Crippen LogP contribution in [0.3, 0.4) is 0 Å². The van der Waals surface area contributed by atoms with E-state index in [1.54, 1.807) is 36.1 Å². The second-order valence-electron chi connectivity index (χ2n) is 5.28. The summed E-state index contributed by atoms with van der Waals surface area (Å²) in [5, 5.41) is 12.8. The number of hydrogen-bond acceptors (Lipinski definition) is 3. The van der Waals surface area contributed by atoms with Crippen LogP contribution < -0.4 is 5.32 Å². The highest BCUT2D eigenvalue weighted by molar-refractivity contribution is 6.30. The van der Waals surface area contributed by atoms with Crippen LogP contribution in [0.25, 0.3) is 0 Å². The van der Waals surface area contributed by atoms with E-state index < -0.39 is 12.1 Å². The third kappa shape index (κ3) is 4.19. The summed E-state index contributed by atoms with van der Waals surface area (Å²) in [5.41, 5.74) is 0.456. The maximum absolute atomic E-state index is 12.2. The Morgan fingerprint density at radius 2 is 2.05 bits per heavy atom. The molecule has 1 aromatic carbocycles. The van der Waals surface area contributed by atoms with Crippen LogP contribution in [-0.4, -0.2) is 47.1 Å². The van der Waals surface area contributed by atoms with Gasteiger partial charge in [0.25, 0.3) is 5.91 Å². The lowest BCUT2D eigenvalue weighted by Crippen LogP contribution is -2.51. The minimum absolute atomic E-state index is 0.170. The summed E-state index contributed by atoms with van der Waals surface area (Å²) in [6.45, 7) is 2.61. The van der Waals surface area contributed by atoms with Crippen molar-refractivity contribution in [2.24, 2.45) is 0 Å². The third-order valence-corrected chi connectivity index (χ3v) is 3.78. The fourth-order valence-corrected chi connectivity index (χ4v) is 2.50.